The van der Waals surface area contributed by atoms with Crippen LogP contribution in [-0.2, 0) is 9.53 Å². The Bertz CT molecular complexity index is 926. The number of hydrogen-bond donors (Lipinski definition) is 0. The number of amides is 1. The first-order valence-corrected chi connectivity index (χ1v) is 13.2. The molecule has 2 saturated carbocycles. The van der Waals surface area contributed by atoms with Gasteiger partial charge in [0.2, 0.25) is 0 Å². The molecule has 5 rings (SSSR count). The molecule has 3 atom stereocenters. The van der Waals surface area contributed by atoms with E-state index in [0.29, 0.717) is 36.6 Å². The molecule has 4 aliphatic rings. The zero-order valence-electron chi connectivity index (χ0n) is 22.1. The number of likely N-dealkylation sites (tertiary alicyclic amines) is 1. The van der Waals surface area contributed by atoms with Crippen LogP contribution in [0, 0.1) is 23.1 Å². The summed E-state index contributed by atoms with van der Waals surface area (Å²) in [6.45, 7) is 10.9. The Hall–Kier alpha value is -2.37. The van der Waals surface area contributed by atoms with Gasteiger partial charge in [0.15, 0.2) is 0 Å². The number of halogens is 1. The lowest BCUT2D eigenvalue weighted by Gasteiger charge is -2.36. The van der Waals surface area contributed by atoms with Crippen LogP contribution < -0.4 is 4.74 Å². The summed E-state index contributed by atoms with van der Waals surface area (Å²) >= 11 is 0. The molecule has 3 unspecified atom stereocenters. The Morgan fingerprint density at radius 2 is 1.91 bits per heavy atom. The number of rotatable bonds is 6. The van der Waals surface area contributed by atoms with Crippen LogP contribution in [-0.4, -0.2) is 44.1 Å². The minimum atomic E-state index is -0.436. The molecule has 1 heterocycles. The topological polar surface area (TPSA) is 55.8 Å². The Kier molecular flexibility index (Phi) is 9.37. The molecule has 0 spiro atoms. The molecule has 3 aliphatic carbocycles. The molecule has 6 heteroatoms. The standard InChI is InChI=1S/C25H32FNO2.C2H4O2.C2H6/c1-16-6-8-27(14-16)24(28)21-10-20(19-3-4-19)23(11-22(21)26)29-15-25-7-5-18(13-25)9-17(2)12-25;1-4-2-3;1-2/h5,10-11,16-17,19H,3-4,6-9,12-15H2,1-2H3;2H,1H3;1-2H3. The van der Waals surface area contributed by atoms with Gasteiger partial charge in [-0.3, -0.25) is 9.59 Å². The predicted octanol–water partition coefficient (Wildman–Crippen LogP) is 6.52. The van der Waals surface area contributed by atoms with E-state index in [-0.39, 0.29) is 16.9 Å². The van der Waals surface area contributed by atoms with Gasteiger partial charge in [0.25, 0.3) is 12.4 Å². The Morgan fingerprint density at radius 3 is 2.51 bits per heavy atom. The van der Waals surface area contributed by atoms with Crippen molar-refractivity contribution in [3.63, 3.8) is 0 Å². The quantitative estimate of drug-likeness (QED) is 0.339. The molecule has 1 aromatic rings. The molecule has 194 valence electrons. The van der Waals surface area contributed by atoms with Gasteiger partial charge in [0, 0.05) is 24.6 Å². The lowest BCUT2D eigenvalue weighted by atomic mass is 9.72. The predicted molar refractivity (Wildman–Crippen MR) is 136 cm³/mol. The van der Waals surface area contributed by atoms with Gasteiger partial charge in [-0.15, -0.1) is 0 Å². The van der Waals surface area contributed by atoms with E-state index in [1.54, 1.807) is 16.5 Å². The van der Waals surface area contributed by atoms with Gasteiger partial charge in [-0.25, -0.2) is 4.39 Å². The van der Waals surface area contributed by atoms with Crippen LogP contribution >= 0.6 is 0 Å². The number of ether oxygens (including phenoxy) is 2. The summed E-state index contributed by atoms with van der Waals surface area (Å²) in [5.41, 5.74) is 3.02. The second kappa shape index (κ2) is 12.0. The van der Waals surface area contributed by atoms with E-state index in [2.05, 4.69) is 24.7 Å². The zero-order chi connectivity index (χ0) is 25.6. The minimum absolute atomic E-state index is 0.162. The van der Waals surface area contributed by atoms with Crippen molar-refractivity contribution in [1.29, 1.82) is 0 Å². The maximum Gasteiger partial charge on any atom is 0.292 e. The lowest BCUT2D eigenvalue weighted by molar-refractivity contribution is -0.126. The van der Waals surface area contributed by atoms with Crippen molar-refractivity contribution in [2.75, 3.05) is 26.8 Å². The zero-order valence-corrected chi connectivity index (χ0v) is 22.1. The van der Waals surface area contributed by atoms with Crippen LogP contribution in [0.3, 0.4) is 0 Å². The van der Waals surface area contributed by atoms with Gasteiger partial charge in [-0.1, -0.05) is 39.3 Å². The number of benzene rings is 1. The fraction of sp³-hybridized carbons (Fsp3) is 0.655. The third kappa shape index (κ3) is 6.65. The highest BCUT2D eigenvalue weighted by molar-refractivity contribution is 5.95. The van der Waals surface area contributed by atoms with Crippen molar-refractivity contribution in [3.8, 4) is 5.75 Å². The summed E-state index contributed by atoms with van der Waals surface area (Å²) in [7, 11) is 1.31. The summed E-state index contributed by atoms with van der Waals surface area (Å²) in [4.78, 5) is 23.7. The van der Waals surface area contributed by atoms with E-state index >= 15 is 0 Å². The van der Waals surface area contributed by atoms with Crippen LogP contribution in [0.5, 0.6) is 5.75 Å². The normalized spacial score (nSPS) is 26.6. The molecular formula is C29H42FNO4. The first kappa shape index (κ1) is 27.2. The molecule has 0 aromatic heterocycles. The Labute approximate surface area is 210 Å². The average molecular weight is 488 g/mol. The largest absolute Gasteiger partial charge is 0.493 e. The number of fused-ring (bicyclic) bond motifs is 2. The molecule has 5 nitrogen and oxygen atoms in total. The van der Waals surface area contributed by atoms with E-state index < -0.39 is 5.82 Å². The molecule has 1 aromatic carbocycles. The van der Waals surface area contributed by atoms with Crippen molar-refractivity contribution in [3.05, 3.63) is 40.7 Å². The second-order valence-electron chi connectivity index (χ2n) is 10.7. The Morgan fingerprint density at radius 1 is 1.20 bits per heavy atom. The highest BCUT2D eigenvalue weighted by Crippen LogP contribution is 2.51. The molecule has 1 saturated heterocycles. The molecular weight excluding hydrogens is 445 g/mol. The fourth-order valence-electron chi connectivity index (χ4n) is 5.82. The summed E-state index contributed by atoms with van der Waals surface area (Å²) in [5.74, 6) is 1.67. The summed E-state index contributed by atoms with van der Waals surface area (Å²) in [6.07, 6.45) is 10.2. The number of carbonyl (C=O) groups excluding carboxylic acids is 2. The molecule has 1 aliphatic heterocycles. The maximum absolute atomic E-state index is 15.0. The van der Waals surface area contributed by atoms with Gasteiger partial charge >= 0.3 is 0 Å². The van der Waals surface area contributed by atoms with E-state index in [4.69, 9.17) is 9.53 Å². The van der Waals surface area contributed by atoms with Crippen LogP contribution in [0.25, 0.3) is 0 Å². The van der Waals surface area contributed by atoms with E-state index in [1.807, 2.05) is 13.8 Å². The Balaban J connectivity index is 0.000000521. The molecule has 35 heavy (non-hydrogen) atoms. The molecule has 0 N–H and O–H groups in total. The van der Waals surface area contributed by atoms with Crippen molar-refractivity contribution in [1.82, 2.24) is 4.90 Å². The van der Waals surface area contributed by atoms with Crippen molar-refractivity contribution < 1.29 is 23.5 Å². The van der Waals surface area contributed by atoms with Gasteiger partial charge in [-0.05, 0) is 74.3 Å². The summed E-state index contributed by atoms with van der Waals surface area (Å²) in [6, 6.07) is 3.29. The number of methoxy groups -OCH3 is 1. The average Bonchev–Trinajstić information content (AvgIpc) is 3.54. The monoisotopic (exact) mass is 487 g/mol. The van der Waals surface area contributed by atoms with E-state index in [0.717, 1.165) is 50.8 Å². The van der Waals surface area contributed by atoms with Gasteiger partial charge in [0.1, 0.15) is 11.6 Å². The second-order valence-corrected chi connectivity index (χ2v) is 10.7. The molecule has 0 radical (unpaired) electrons. The summed E-state index contributed by atoms with van der Waals surface area (Å²) < 4.78 is 25.2. The smallest absolute Gasteiger partial charge is 0.292 e. The number of carbonyl (C=O) groups is 2. The highest BCUT2D eigenvalue weighted by atomic mass is 19.1. The van der Waals surface area contributed by atoms with Gasteiger partial charge in [-0.2, -0.15) is 0 Å². The lowest BCUT2D eigenvalue weighted by Crippen LogP contribution is -2.31. The van der Waals surface area contributed by atoms with Crippen LogP contribution in [0.4, 0.5) is 4.39 Å². The third-order valence-corrected chi connectivity index (χ3v) is 7.51. The fourth-order valence-corrected chi connectivity index (χ4v) is 5.82. The van der Waals surface area contributed by atoms with E-state index in [9.17, 15) is 9.18 Å². The highest BCUT2D eigenvalue weighted by Gasteiger charge is 2.41. The third-order valence-electron chi connectivity index (χ3n) is 7.51. The van der Waals surface area contributed by atoms with E-state index in [1.165, 1.54) is 26.0 Å². The van der Waals surface area contributed by atoms with Crippen molar-refractivity contribution in [2.45, 2.75) is 78.6 Å². The molecule has 3 fully saturated rings. The maximum atomic E-state index is 15.0. The molecule has 1 amide bonds. The van der Waals surface area contributed by atoms with Crippen LogP contribution in [0.1, 0.15) is 94.5 Å². The number of nitrogens with zero attached hydrogens (tertiary/aromatic N) is 1. The number of hydrogen-bond acceptors (Lipinski definition) is 4. The molecule has 2 bridgehead atoms. The van der Waals surface area contributed by atoms with Crippen LogP contribution in [0.2, 0.25) is 0 Å². The first-order valence-electron chi connectivity index (χ1n) is 13.2. The van der Waals surface area contributed by atoms with Gasteiger partial charge < -0.3 is 14.4 Å². The minimum Gasteiger partial charge on any atom is -0.493 e. The SMILES string of the molecule is CC.CC1CCN(C(=O)c2cc(C3CC3)c(OCC34CC=C(CC(C)C3)C4)cc2F)C1.COC=O. The summed E-state index contributed by atoms with van der Waals surface area (Å²) in [5, 5.41) is 0. The van der Waals surface area contributed by atoms with Crippen molar-refractivity contribution in [2.24, 2.45) is 17.3 Å². The first-order chi connectivity index (χ1) is 16.8. The number of allylic oxidation sites excluding steroid dienone is 2. The van der Waals surface area contributed by atoms with Crippen LogP contribution in [0.15, 0.2) is 23.8 Å². The van der Waals surface area contributed by atoms with Crippen molar-refractivity contribution >= 4 is 12.4 Å². The van der Waals surface area contributed by atoms with Gasteiger partial charge in [0.05, 0.1) is 19.3 Å².